The number of hydrogen-bond acceptors (Lipinski definition) is 2. The van der Waals surface area contributed by atoms with Gasteiger partial charge >= 0.3 is 0 Å². The highest BCUT2D eigenvalue weighted by atomic mass is 16.2. The maximum Gasteiger partial charge on any atom is 0.230 e. The van der Waals surface area contributed by atoms with E-state index in [0.29, 0.717) is 25.6 Å². The fraction of sp³-hybridized carbons (Fsp3) is 0.263. The predicted octanol–water partition coefficient (Wildman–Crippen LogP) is 2.62. The van der Waals surface area contributed by atoms with E-state index in [9.17, 15) is 9.59 Å². The molecule has 1 heterocycles. The molecule has 3 nitrogen and oxygen atoms in total. The van der Waals surface area contributed by atoms with Crippen LogP contribution in [-0.4, -0.2) is 19.7 Å². The molecule has 0 aromatic heterocycles. The van der Waals surface area contributed by atoms with Crippen LogP contribution in [0.15, 0.2) is 48.5 Å². The van der Waals surface area contributed by atoms with Crippen LogP contribution in [0, 0.1) is 5.92 Å². The van der Waals surface area contributed by atoms with Crippen LogP contribution in [0.2, 0.25) is 0 Å². The third-order valence-electron chi connectivity index (χ3n) is 4.31. The monoisotopic (exact) mass is 303 g/mol. The number of piperidine rings is 1. The van der Waals surface area contributed by atoms with E-state index in [0.717, 1.165) is 22.3 Å². The minimum Gasteiger partial charge on any atom is -0.296 e. The standard InChI is InChI=1S/C19H18BNO2/c20-12-14-3-7-16(8-4-14)15-5-1-13(2-6-15)11-17-9-10-18(22)21-19(17)23/h1-8,17H,9-12H2,(H,21,22,23). The second-order valence-electron chi connectivity index (χ2n) is 5.95. The van der Waals surface area contributed by atoms with Crippen molar-refractivity contribution in [2.24, 2.45) is 5.92 Å². The van der Waals surface area contributed by atoms with Gasteiger partial charge in [-0.1, -0.05) is 60.4 Å². The Balaban J connectivity index is 1.69. The lowest BCUT2D eigenvalue weighted by molar-refractivity contribution is -0.136. The summed E-state index contributed by atoms with van der Waals surface area (Å²) in [6.07, 6.45) is 2.28. The molecular weight excluding hydrogens is 285 g/mol. The summed E-state index contributed by atoms with van der Waals surface area (Å²) < 4.78 is 0. The van der Waals surface area contributed by atoms with Crippen LogP contribution in [0.25, 0.3) is 11.1 Å². The summed E-state index contributed by atoms with van der Waals surface area (Å²) in [6.45, 7) is 0. The molecule has 1 aliphatic rings. The molecule has 0 aliphatic carbocycles. The molecule has 4 heteroatoms. The SMILES string of the molecule is [B]Cc1ccc(-c2ccc(CC3CCC(=O)NC3=O)cc2)cc1. The maximum absolute atomic E-state index is 11.8. The molecule has 3 rings (SSSR count). The number of benzene rings is 2. The molecule has 0 saturated carbocycles. The molecule has 1 fully saturated rings. The third kappa shape index (κ3) is 3.70. The zero-order chi connectivity index (χ0) is 16.2. The van der Waals surface area contributed by atoms with Gasteiger partial charge in [-0.25, -0.2) is 0 Å². The predicted molar refractivity (Wildman–Crippen MR) is 90.9 cm³/mol. The van der Waals surface area contributed by atoms with Gasteiger partial charge in [0.25, 0.3) is 0 Å². The Morgan fingerprint density at radius 1 is 0.913 bits per heavy atom. The second-order valence-corrected chi connectivity index (χ2v) is 5.95. The smallest absolute Gasteiger partial charge is 0.230 e. The first-order valence-corrected chi connectivity index (χ1v) is 7.88. The van der Waals surface area contributed by atoms with Gasteiger partial charge < -0.3 is 0 Å². The fourth-order valence-electron chi connectivity index (χ4n) is 2.88. The summed E-state index contributed by atoms with van der Waals surface area (Å²) in [5.74, 6) is -0.424. The summed E-state index contributed by atoms with van der Waals surface area (Å²) in [6, 6.07) is 16.4. The second kappa shape index (κ2) is 6.82. The van der Waals surface area contributed by atoms with Gasteiger partial charge in [-0.2, -0.15) is 0 Å². The van der Waals surface area contributed by atoms with Crippen molar-refractivity contribution in [2.45, 2.75) is 25.6 Å². The molecule has 114 valence electrons. The number of carbonyl (C=O) groups is 2. The molecule has 2 aromatic rings. The van der Waals surface area contributed by atoms with Gasteiger partial charge in [-0.3, -0.25) is 14.9 Å². The lowest BCUT2D eigenvalue weighted by Crippen LogP contribution is -2.41. The molecule has 1 unspecified atom stereocenters. The molecule has 23 heavy (non-hydrogen) atoms. The normalized spacial score (nSPS) is 17.8. The van der Waals surface area contributed by atoms with E-state index < -0.39 is 0 Å². The van der Waals surface area contributed by atoms with Crippen LogP contribution < -0.4 is 5.32 Å². The Hall–Kier alpha value is -2.36. The number of imide groups is 1. The molecule has 2 radical (unpaired) electrons. The molecule has 1 atom stereocenters. The zero-order valence-electron chi connectivity index (χ0n) is 12.9. The Morgan fingerprint density at radius 3 is 2.00 bits per heavy atom. The fourth-order valence-corrected chi connectivity index (χ4v) is 2.88. The van der Waals surface area contributed by atoms with E-state index in [1.807, 2.05) is 12.1 Å². The molecule has 2 aromatic carbocycles. The van der Waals surface area contributed by atoms with E-state index >= 15 is 0 Å². The minimum absolute atomic E-state index is 0.109. The minimum atomic E-state index is -0.164. The lowest BCUT2D eigenvalue weighted by atomic mass is 9.90. The third-order valence-corrected chi connectivity index (χ3v) is 4.31. The first-order chi connectivity index (χ1) is 11.2. The van der Waals surface area contributed by atoms with Crippen LogP contribution in [0.3, 0.4) is 0 Å². The first kappa shape index (κ1) is 15.5. The Bertz CT molecular complexity index is 707. The highest BCUT2D eigenvalue weighted by Crippen LogP contribution is 2.23. The topological polar surface area (TPSA) is 46.2 Å². The van der Waals surface area contributed by atoms with Gasteiger partial charge in [0.1, 0.15) is 0 Å². The van der Waals surface area contributed by atoms with Gasteiger partial charge in [0.2, 0.25) is 11.8 Å². The van der Waals surface area contributed by atoms with Crippen molar-refractivity contribution < 1.29 is 9.59 Å². The van der Waals surface area contributed by atoms with Crippen LogP contribution in [0.5, 0.6) is 0 Å². The van der Waals surface area contributed by atoms with Gasteiger partial charge in [0, 0.05) is 12.3 Å². The highest BCUT2D eigenvalue weighted by molar-refractivity contribution is 6.08. The zero-order valence-corrected chi connectivity index (χ0v) is 12.9. The number of rotatable bonds is 4. The van der Waals surface area contributed by atoms with Crippen molar-refractivity contribution in [3.05, 3.63) is 59.7 Å². The first-order valence-electron chi connectivity index (χ1n) is 7.88. The van der Waals surface area contributed by atoms with Crippen LogP contribution in [0.1, 0.15) is 24.0 Å². The summed E-state index contributed by atoms with van der Waals surface area (Å²) >= 11 is 0. The molecule has 0 bridgehead atoms. The number of carbonyl (C=O) groups excluding carboxylic acids is 2. The molecular formula is C19H18BNO2. The average molecular weight is 303 g/mol. The molecule has 1 aliphatic heterocycles. The number of hydrogen-bond donors (Lipinski definition) is 1. The Morgan fingerprint density at radius 2 is 1.48 bits per heavy atom. The van der Waals surface area contributed by atoms with E-state index in [2.05, 4.69) is 41.7 Å². The summed E-state index contributed by atoms with van der Waals surface area (Å²) in [4.78, 5) is 23.0. The number of nitrogens with one attached hydrogen (secondary N) is 1. The Kier molecular flexibility index (Phi) is 4.61. The molecule has 0 spiro atoms. The van der Waals surface area contributed by atoms with Crippen LogP contribution in [-0.2, 0) is 22.3 Å². The van der Waals surface area contributed by atoms with E-state index in [1.165, 1.54) is 0 Å². The lowest BCUT2D eigenvalue weighted by Gasteiger charge is -2.20. The Labute approximate surface area is 137 Å². The summed E-state index contributed by atoms with van der Waals surface area (Å²) in [5.41, 5.74) is 4.51. The van der Waals surface area contributed by atoms with Crippen molar-refractivity contribution in [3.63, 3.8) is 0 Å². The number of amides is 2. The maximum atomic E-state index is 11.8. The van der Waals surface area contributed by atoms with Gasteiger partial charge in [0.15, 0.2) is 0 Å². The van der Waals surface area contributed by atoms with E-state index in [1.54, 1.807) is 0 Å². The molecule has 1 saturated heterocycles. The van der Waals surface area contributed by atoms with Crippen LogP contribution in [0.4, 0.5) is 0 Å². The van der Waals surface area contributed by atoms with E-state index in [4.69, 9.17) is 7.85 Å². The molecule has 2 amide bonds. The largest absolute Gasteiger partial charge is 0.296 e. The van der Waals surface area contributed by atoms with Crippen molar-refractivity contribution in [1.82, 2.24) is 5.32 Å². The molecule has 1 N–H and O–H groups in total. The van der Waals surface area contributed by atoms with Crippen molar-refractivity contribution in [3.8, 4) is 11.1 Å². The quantitative estimate of drug-likeness (QED) is 0.697. The van der Waals surface area contributed by atoms with Crippen molar-refractivity contribution >= 4 is 19.7 Å². The summed E-state index contributed by atoms with van der Waals surface area (Å²) in [7, 11) is 5.61. The summed E-state index contributed by atoms with van der Waals surface area (Å²) in [5, 5.41) is 2.41. The van der Waals surface area contributed by atoms with Gasteiger partial charge in [-0.15, -0.1) is 0 Å². The van der Waals surface area contributed by atoms with E-state index in [-0.39, 0.29) is 17.7 Å². The van der Waals surface area contributed by atoms with Gasteiger partial charge in [-0.05, 0) is 29.5 Å². The van der Waals surface area contributed by atoms with Crippen molar-refractivity contribution in [2.75, 3.05) is 0 Å². The van der Waals surface area contributed by atoms with Gasteiger partial charge in [0.05, 0.1) is 7.85 Å². The van der Waals surface area contributed by atoms with Crippen LogP contribution >= 0.6 is 0 Å². The van der Waals surface area contributed by atoms with Crippen molar-refractivity contribution in [1.29, 1.82) is 0 Å². The highest BCUT2D eigenvalue weighted by Gasteiger charge is 2.26. The average Bonchev–Trinajstić information content (AvgIpc) is 2.58.